The summed E-state index contributed by atoms with van der Waals surface area (Å²) in [6, 6.07) is 43.7. The summed E-state index contributed by atoms with van der Waals surface area (Å²) in [6.07, 6.45) is 9.62. The van der Waals surface area contributed by atoms with Gasteiger partial charge in [0.05, 0.1) is 0 Å². The third-order valence-corrected chi connectivity index (χ3v) is 9.32. The van der Waals surface area contributed by atoms with Crippen molar-refractivity contribution >= 4 is 44.3 Å². The highest BCUT2D eigenvalue weighted by molar-refractivity contribution is 6.32. The van der Waals surface area contributed by atoms with Crippen LogP contribution in [0.3, 0.4) is 0 Å². The molecule has 1 unspecified atom stereocenters. The van der Waals surface area contributed by atoms with Crippen molar-refractivity contribution in [2.45, 2.75) is 12.3 Å². The molecular formula is C43H28ClN3O. The molecule has 0 saturated carbocycles. The van der Waals surface area contributed by atoms with Crippen molar-refractivity contribution in [3.63, 3.8) is 0 Å². The van der Waals surface area contributed by atoms with Gasteiger partial charge in [-0.3, -0.25) is 0 Å². The number of halogens is 1. The van der Waals surface area contributed by atoms with Crippen LogP contribution in [0.25, 0.3) is 78.0 Å². The Hall–Kier alpha value is -5.84. The Morgan fingerprint density at radius 3 is 2.17 bits per heavy atom. The molecule has 0 amide bonds. The lowest BCUT2D eigenvalue weighted by Gasteiger charge is -2.15. The standard InChI is InChI=1S/C43H28ClN3O/c44-35-25-37(40-36-15-6-7-16-38(36)48-39(40)26-35)43-46-41(45-42(47-43)34-14-8-13-32(24-34)27-9-2-1-3-10-27)30-20-17-29(18-21-30)33-22-19-28-11-4-5-12-31(28)23-33/h1-9,11-27H,10H2. The number of aromatic nitrogens is 3. The summed E-state index contributed by atoms with van der Waals surface area (Å²) in [5, 5.41) is 4.91. The Morgan fingerprint density at radius 1 is 0.562 bits per heavy atom. The predicted molar refractivity (Wildman–Crippen MR) is 197 cm³/mol. The lowest BCUT2D eigenvalue weighted by molar-refractivity contribution is 0.669. The average Bonchev–Trinajstić information content (AvgIpc) is 3.53. The minimum Gasteiger partial charge on any atom is -0.456 e. The minimum absolute atomic E-state index is 0.309. The highest BCUT2D eigenvalue weighted by atomic mass is 35.5. The van der Waals surface area contributed by atoms with Crippen LogP contribution in [0, 0.1) is 0 Å². The number of allylic oxidation sites excluding steroid dienone is 4. The molecule has 4 nitrogen and oxygen atoms in total. The van der Waals surface area contributed by atoms with E-state index in [-0.39, 0.29) is 0 Å². The molecule has 0 N–H and O–H groups in total. The van der Waals surface area contributed by atoms with E-state index in [2.05, 4.69) is 121 Å². The Kier molecular flexibility index (Phi) is 6.95. The highest BCUT2D eigenvalue weighted by Gasteiger charge is 2.19. The van der Waals surface area contributed by atoms with E-state index in [1.807, 2.05) is 30.3 Å². The van der Waals surface area contributed by atoms with Crippen molar-refractivity contribution in [2.24, 2.45) is 0 Å². The maximum absolute atomic E-state index is 6.69. The first kappa shape index (κ1) is 28.4. The zero-order valence-electron chi connectivity index (χ0n) is 25.8. The number of hydrogen-bond acceptors (Lipinski definition) is 4. The molecule has 1 atom stereocenters. The Morgan fingerprint density at radius 2 is 1.31 bits per heavy atom. The summed E-state index contributed by atoms with van der Waals surface area (Å²) in [7, 11) is 0. The second-order valence-electron chi connectivity index (χ2n) is 12.2. The third kappa shape index (κ3) is 5.17. The van der Waals surface area contributed by atoms with Gasteiger partial charge in [0.25, 0.3) is 0 Å². The van der Waals surface area contributed by atoms with E-state index in [1.165, 1.54) is 16.3 Å². The number of para-hydroxylation sites is 1. The van der Waals surface area contributed by atoms with Crippen molar-refractivity contribution in [3.05, 3.63) is 162 Å². The van der Waals surface area contributed by atoms with Crippen LogP contribution < -0.4 is 0 Å². The van der Waals surface area contributed by atoms with Gasteiger partial charge >= 0.3 is 0 Å². The van der Waals surface area contributed by atoms with Crippen LogP contribution in [0.15, 0.2) is 156 Å². The maximum atomic E-state index is 6.69. The summed E-state index contributed by atoms with van der Waals surface area (Å²) >= 11 is 6.69. The molecule has 0 fully saturated rings. The molecule has 8 aromatic rings. The molecule has 228 valence electrons. The van der Waals surface area contributed by atoms with Crippen molar-refractivity contribution in [3.8, 4) is 45.3 Å². The van der Waals surface area contributed by atoms with Crippen LogP contribution in [-0.2, 0) is 0 Å². The number of hydrogen-bond donors (Lipinski definition) is 0. The lowest BCUT2D eigenvalue weighted by Crippen LogP contribution is -2.02. The number of fused-ring (bicyclic) bond motifs is 4. The summed E-state index contributed by atoms with van der Waals surface area (Å²) in [4.78, 5) is 15.3. The quantitative estimate of drug-likeness (QED) is 0.188. The molecule has 1 aliphatic rings. The van der Waals surface area contributed by atoms with Gasteiger partial charge in [-0.25, -0.2) is 15.0 Å². The second kappa shape index (κ2) is 11.8. The van der Waals surface area contributed by atoms with Crippen LogP contribution in [-0.4, -0.2) is 15.0 Å². The molecule has 0 spiro atoms. The van der Waals surface area contributed by atoms with Crippen LogP contribution in [0.1, 0.15) is 17.9 Å². The summed E-state index contributed by atoms with van der Waals surface area (Å²) in [5.41, 5.74) is 7.63. The molecule has 0 saturated heterocycles. The fraction of sp³-hybridized carbons (Fsp3) is 0.0465. The van der Waals surface area contributed by atoms with Gasteiger partial charge in [-0.15, -0.1) is 0 Å². The molecule has 0 bridgehead atoms. The summed E-state index contributed by atoms with van der Waals surface area (Å²) < 4.78 is 6.22. The molecule has 6 aromatic carbocycles. The van der Waals surface area contributed by atoms with Gasteiger partial charge in [0.2, 0.25) is 0 Å². The Balaban J connectivity index is 1.20. The number of benzene rings is 6. The van der Waals surface area contributed by atoms with Gasteiger partial charge in [-0.2, -0.15) is 0 Å². The molecule has 48 heavy (non-hydrogen) atoms. The van der Waals surface area contributed by atoms with E-state index in [4.69, 9.17) is 31.0 Å². The summed E-state index contributed by atoms with van der Waals surface area (Å²) in [6.45, 7) is 0. The topological polar surface area (TPSA) is 51.8 Å². The lowest BCUT2D eigenvalue weighted by atomic mass is 9.91. The van der Waals surface area contributed by atoms with E-state index in [1.54, 1.807) is 0 Å². The molecule has 0 aliphatic heterocycles. The van der Waals surface area contributed by atoms with E-state index in [9.17, 15) is 0 Å². The van der Waals surface area contributed by atoms with Crippen molar-refractivity contribution < 1.29 is 4.42 Å². The van der Waals surface area contributed by atoms with Gasteiger partial charge < -0.3 is 4.42 Å². The van der Waals surface area contributed by atoms with Gasteiger partial charge in [0.1, 0.15) is 11.2 Å². The third-order valence-electron chi connectivity index (χ3n) is 9.10. The van der Waals surface area contributed by atoms with Crippen LogP contribution in [0.4, 0.5) is 0 Å². The minimum atomic E-state index is 0.309. The molecular weight excluding hydrogens is 610 g/mol. The Labute approximate surface area is 282 Å². The van der Waals surface area contributed by atoms with Crippen molar-refractivity contribution in [1.29, 1.82) is 0 Å². The normalized spacial score (nSPS) is 14.3. The van der Waals surface area contributed by atoms with Gasteiger partial charge in [0, 0.05) is 44.5 Å². The van der Waals surface area contributed by atoms with Crippen LogP contribution >= 0.6 is 11.6 Å². The van der Waals surface area contributed by atoms with E-state index >= 15 is 0 Å². The van der Waals surface area contributed by atoms with Crippen molar-refractivity contribution in [2.75, 3.05) is 0 Å². The average molecular weight is 638 g/mol. The molecule has 0 radical (unpaired) electrons. The predicted octanol–water partition coefficient (Wildman–Crippen LogP) is 11.8. The van der Waals surface area contributed by atoms with Crippen molar-refractivity contribution in [1.82, 2.24) is 15.0 Å². The molecule has 1 aliphatic carbocycles. The first-order chi connectivity index (χ1) is 23.7. The van der Waals surface area contributed by atoms with Crippen LogP contribution in [0.2, 0.25) is 5.02 Å². The van der Waals surface area contributed by atoms with E-state index in [0.29, 0.717) is 34.0 Å². The Bertz CT molecular complexity index is 2560. The first-order valence-corrected chi connectivity index (χ1v) is 16.4. The zero-order chi connectivity index (χ0) is 32.0. The zero-order valence-corrected chi connectivity index (χ0v) is 26.6. The fourth-order valence-electron chi connectivity index (χ4n) is 6.67. The van der Waals surface area contributed by atoms with Crippen LogP contribution in [0.5, 0.6) is 0 Å². The number of nitrogens with zero attached hydrogens (tertiary/aromatic N) is 3. The molecule has 9 rings (SSSR count). The molecule has 2 heterocycles. The second-order valence-corrected chi connectivity index (χ2v) is 12.6. The molecule has 5 heteroatoms. The highest BCUT2D eigenvalue weighted by Crippen LogP contribution is 2.39. The number of rotatable bonds is 5. The number of furan rings is 1. The van der Waals surface area contributed by atoms with Gasteiger partial charge in [-0.05, 0) is 58.1 Å². The van der Waals surface area contributed by atoms with Gasteiger partial charge in [-0.1, -0.05) is 133 Å². The summed E-state index contributed by atoms with van der Waals surface area (Å²) in [5.74, 6) is 2.04. The van der Waals surface area contributed by atoms with E-state index < -0.39 is 0 Å². The monoisotopic (exact) mass is 637 g/mol. The largest absolute Gasteiger partial charge is 0.456 e. The fourth-order valence-corrected chi connectivity index (χ4v) is 6.88. The smallest absolute Gasteiger partial charge is 0.164 e. The molecule has 2 aromatic heterocycles. The SMILES string of the molecule is Clc1cc(-c2nc(-c3ccc(-c4ccc5ccccc5c4)cc3)nc(-c3cccc(C4C=CC=CC4)c3)n2)c2c(c1)oc1ccccc12. The first-order valence-electron chi connectivity index (χ1n) is 16.1. The van der Waals surface area contributed by atoms with E-state index in [0.717, 1.165) is 50.6 Å². The van der Waals surface area contributed by atoms with Gasteiger partial charge in [0.15, 0.2) is 17.5 Å². The maximum Gasteiger partial charge on any atom is 0.164 e.